The highest BCUT2D eigenvalue weighted by atomic mass is 79.9. The molecule has 0 spiro atoms. The lowest BCUT2D eigenvalue weighted by Gasteiger charge is -2.23. The molecule has 26 heavy (non-hydrogen) atoms. The van der Waals surface area contributed by atoms with E-state index < -0.39 is 5.97 Å². The van der Waals surface area contributed by atoms with E-state index in [1.54, 1.807) is 29.3 Å². The minimum absolute atomic E-state index is 0.0361. The zero-order valence-corrected chi connectivity index (χ0v) is 17.6. The quantitative estimate of drug-likeness (QED) is 0.556. The van der Waals surface area contributed by atoms with Gasteiger partial charge in [0, 0.05) is 22.0 Å². The van der Waals surface area contributed by atoms with E-state index in [-0.39, 0.29) is 5.91 Å². The van der Waals surface area contributed by atoms with Crippen molar-refractivity contribution in [2.75, 3.05) is 13.2 Å². The van der Waals surface area contributed by atoms with Crippen molar-refractivity contribution in [2.45, 2.75) is 33.7 Å². The number of hydrogen-bond donors (Lipinski definition) is 0. The Kier molecular flexibility index (Phi) is 7.78. The summed E-state index contributed by atoms with van der Waals surface area (Å²) in [5.74, 6) is 0.0237. The molecule has 1 amide bonds. The molecule has 140 valence electrons. The summed E-state index contributed by atoms with van der Waals surface area (Å²) in [4.78, 5) is 30.8. The normalized spacial score (nSPS) is 10.8. The smallest absolute Gasteiger partial charge is 0.357 e. The van der Waals surface area contributed by atoms with Gasteiger partial charge in [-0.2, -0.15) is 0 Å². The summed E-state index contributed by atoms with van der Waals surface area (Å²) < 4.78 is 5.91. The van der Waals surface area contributed by atoms with Crippen molar-refractivity contribution in [1.82, 2.24) is 9.88 Å². The van der Waals surface area contributed by atoms with E-state index in [1.165, 1.54) is 11.3 Å². The molecule has 0 aliphatic rings. The molecule has 0 bridgehead atoms. The Balaban J connectivity index is 2.15. The van der Waals surface area contributed by atoms with Crippen LogP contribution in [-0.4, -0.2) is 34.9 Å². The van der Waals surface area contributed by atoms with Crippen LogP contribution in [0.5, 0.6) is 0 Å². The van der Waals surface area contributed by atoms with Crippen molar-refractivity contribution in [3.8, 4) is 0 Å². The van der Waals surface area contributed by atoms with Gasteiger partial charge in [-0.05, 0) is 43.5 Å². The number of benzene rings is 1. The van der Waals surface area contributed by atoms with Gasteiger partial charge in [0.15, 0.2) is 5.69 Å². The van der Waals surface area contributed by atoms with Crippen molar-refractivity contribution in [1.29, 1.82) is 0 Å². The lowest BCUT2D eigenvalue weighted by Crippen LogP contribution is -2.32. The molecule has 0 radical (unpaired) electrons. The Hall–Kier alpha value is -1.73. The van der Waals surface area contributed by atoms with Gasteiger partial charge in [-0.1, -0.05) is 29.8 Å². The highest BCUT2D eigenvalue weighted by molar-refractivity contribution is 9.10. The second kappa shape index (κ2) is 9.83. The third-order valence-electron chi connectivity index (χ3n) is 3.72. The van der Waals surface area contributed by atoms with Crippen LogP contribution in [0.1, 0.15) is 53.0 Å². The number of hydrogen-bond acceptors (Lipinski definition) is 5. The number of ether oxygens (including phenoxy) is 1. The zero-order chi connectivity index (χ0) is 19.1. The maximum atomic E-state index is 12.9. The molecule has 0 fully saturated rings. The predicted octanol–water partition coefficient (Wildman–Crippen LogP) is 4.77. The van der Waals surface area contributed by atoms with Gasteiger partial charge in [0.25, 0.3) is 5.91 Å². The van der Waals surface area contributed by atoms with Crippen LogP contribution < -0.4 is 0 Å². The topological polar surface area (TPSA) is 59.5 Å². The second-order valence-electron chi connectivity index (χ2n) is 6.26. The number of carbonyl (C=O) groups excluding carboxylic acids is 2. The highest BCUT2D eigenvalue weighted by Gasteiger charge is 2.19. The average molecular weight is 439 g/mol. The van der Waals surface area contributed by atoms with Crippen LogP contribution >= 0.6 is 27.3 Å². The maximum absolute atomic E-state index is 12.9. The van der Waals surface area contributed by atoms with E-state index in [9.17, 15) is 9.59 Å². The van der Waals surface area contributed by atoms with Crippen LogP contribution in [0.4, 0.5) is 0 Å². The van der Waals surface area contributed by atoms with Gasteiger partial charge in [-0.15, -0.1) is 11.3 Å². The number of nitrogens with zero attached hydrogens (tertiary/aromatic N) is 2. The van der Waals surface area contributed by atoms with Crippen molar-refractivity contribution in [2.24, 2.45) is 5.92 Å². The molecular weight excluding hydrogens is 416 g/mol. The molecule has 2 aromatic rings. The first kappa shape index (κ1) is 20.6. The summed E-state index contributed by atoms with van der Waals surface area (Å²) in [5, 5.41) is 2.40. The number of amides is 1. The van der Waals surface area contributed by atoms with E-state index in [0.717, 1.165) is 15.9 Å². The van der Waals surface area contributed by atoms with Crippen LogP contribution in [0.2, 0.25) is 0 Å². The van der Waals surface area contributed by atoms with E-state index in [0.29, 0.717) is 36.9 Å². The molecule has 0 aliphatic heterocycles. The molecule has 1 aromatic carbocycles. The van der Waals surface area contributed by atoms with E-state index in [4.69, 9.17) is 4.74 Å². The minimum atomic E-state index is -0.428. The summed E-state index contributed by atoms with van der Waals surface area (Å²) in [6, 6.07) is 7.33. The molecule has 7 heteroatoms. The first-order valence-electron chi connectivity index (χ1n) is 8.57. The van der Waals surface area contributed by atoms with Gasteiger partial charge >= 0.3 is 5.97 Å². The summed E-state index contributed by atoms with van der Waals surface area (Å²) in [6.07, 6.45) is 0.901. The van der Waals surface area contributed by atoms with Crippen molar-refractivity contribution in [3.05, 3.63) is 50.4 Å². The molecule has 5 nitrogen and oxygen atoms in total. The maximum Gasteiger partial charge on any atom is 0.357 e. The number of thiazole rings is 1. The van der Waals surface area contributed by atoms with Gasteiger partial charge < -0.3 is 9.64 Å². The monoisotopic (exact) mass is 438 g/mol. The van der Waals surface area contributed by atoms with Crippen molar-refractivity contribution < 1.29 is 14.3 Å². The Bertz CT molecular complexity index is 743. The number of esters is 1. The Morgan fingerprint density at radius 2 is 1.96 bits per heavy atom. The summed E-state index contributed by atoms with van der Waals surface area (Å²) in [6.45, 7) is 7.35. The largest absolute Gasteiger partial charge is 0.461 e. The average Bonchev–Trinajstić information content (AvgIpc) is 3.07. The lowest BCUT2D eigenvalue weighted by atomic mass is 10.1. The highest BCUT2D eigenvalue weighted by Crippen LogP contribution is 2.18. The number of aromatic nitrogens is 1. The SMILES string of the molecule is CCOC(=O)c1csc(CN(CCC(C)C)C(=O)c2ccc(Br)cc2)n1. The van der Waals surface area contributed by atoms with Crippen LogP contribution in [0.25, 0.3) is 0 Å². The summed E-state index contributed by atoms with van der Waals surface area (Å²) >= 11 is 4.76. The van der Waals surface area contributed by atoms with Gasteiger partial charge in [-0.25, -0.2) is 9.78 Å². The first-order chi connectivity index (χ1) is 12.4. The molecule has 0 atom stereocenters. The molecular formula is C19H23BrN2O3S. The Labute approximate surface area is 166 Å². The Morgan fingerprint density at radius 3 is 2.58 bits per heavy atom. The molecule has 0 saturated heterocycles. The van der Waals surface area contributed by atoms with E-state index >= 15 is 0 Å². The molecule has 0 aliphatic carbocycles. The van der Waals surface area contributed by atoms with Crippen LogP contribution in [0.3, 0.4) is 0 Å². The molecule has 1 heterocycles. The van der Waals surface area contributed by atoms with Gasteiger partial charge in [0.1, 0.15) is 5.01 Å². The second-order valence-corrected chi connectivity index (χ2v) is 8.12. The molecule has 0 N–H and O–H groups in total. The van der Waals surface area contributed by atoms with Gasteiger partial charge in [0.2, 0.25) is 0 Å². The van der Waals surface area contributed by atoms with Gasteiger partial charge in [-0.3, -0.25) is 4.79 Å². The van der Waals surface area contributed by atoms with Crippen molar-refractivity contribution >= 4 is 39.1 Å². The van der Waals surface area contributed by atoms with Crippen molar-refractivity contribution in [3.63, 3.8) is 0 Å². The summed E-state index contributed by atoms with van der Waals surface area (Å²) in [5.41, 5.74) is 0.936. The number of halogens is 1. The third kappa shape index (κ3) is 5.92. The molecule has 0 saturated carbocycles. The fourth-order valence-electron chi connectivity index (χ4n) is 2.29. The molecule has 1 aromatic heterocycles. The van der Waals surface area contributed by atoms with E-state index in [2.05, 4.69) is 34.8 Å². The zero-order valence-electron chi connectivity index (χ0n) is 15.2. The predicted molar refractivity (Wildman–Crippen MR) is 106 cm³/mol. The van der Waals surface area contributed by atoms with Crippen LogP contribution in [0.15, 0.2) is 34.1 Å². The fourth-order valence-corrected chi connectivity index (χ4v) is 3.33. The first-order valence-corrected chi connectivity index (χ1v) is 10.2. The standard InChI is InChI=1S/C19H23BrN2O3S/c1-4-25-19(24)16-12-26-17(21-16)11-22(10-9-13(2)3)18(23)14-5-7-15(20)8-6-14/h5-8,12-13H,4,9-11H2,1-3H3. The third-order valence-corrected chi connectivity index (χ3v) is 5.08. The van der Waals surface area contributed by atoms with Crippen LogP contribution in [-0.2, 0) is 11.3 Å². The van der Waals surface area contributed by atoms with Gasteiger partial charge in [0.05, 0.1) is 13.2 Å². The number of carbonyl (C=O) groups is 2. The number of rotatable bonds is 8. The lowest BCUT2D eigenvalue weighted by molar-refractivity contribution is 0.0520. The van der Waals surface area contributed by atoms with E-state index in [1.807, 2.05) is 12.1 Å². The minimum Gasteiger partial charge on any atom is -0.461 e. The molecule has 0 unspecified atom stereocenters. The summed E-state index contributed by atoms with van der Waals surface area (Å²) in [7, 11) is 0. The van der Waals surface area contributed by atoms with Crippen LogP contribution in [0, 0.1) is 5.92 Å². The molecule has 2 rings (SSSR count). The Morgan fingerprint density at radius 1 is 1.27 bits per heavy atom. The fraction of sp³-hybridized carbons (Fsp3) is 0.421.